The van der Waals surface area contributed by atoms with Gasteiger partial charge >= 0.3 is 0 Å². The SMILES string of the molecule is C=Cc1oc(/C(=C\C)c2ccc(N(c3ccc(-c4ccccc4)cc3)c3ccc(-c4ccc5c(c4)c4ccccc4n5-c4ccc(F)cc4)cc3)cc2)c(CC)c1/C=C\C. The molecule has 0 unspecified atom stereocenters. The number of hydrogen-bond donors (Lipinski definition) is 0. The number of halogens is 1. The summed E-state index contributed by atoms with van der Waals surface area (Å²) in [5, 5.41) is 2.30. The average molecular weight is 781 g/mol. The number of nitrogens with zero attached hydrogens (tertiary/aromatic N) is 2. The van der Waals surface area contributed by atoms with Gasteiger partial charge in [-0.25, -0.2) is 4.39 Å². The Labute approximate surface area is 351 Å². The number of hydrogen-bond acceptors (Lipinski definition) is 2. The number of furan rings is 1. The fourth-order valence-corrected chi connectivity index (χ4v) is 8.49. The van der Waals surface area contributed by atoms with Crippen LogP contribution in [0.25, 0.3) is 67.5 Å². The van der Waals surface area contributed by atoms with E-state index in [4.69, 9.17) is 4.42 Å². The van der Waals surface area contributed by atoms with E-state index in [0.717, 1.165) is 90.3 Å². The van der Waals surface area contributed by atoms with Crippen molar-refractivity contribution in [1.29, 1.82) is 0 Å². The standard InChI is InChI=1S/C56H45FN2O/c1-5-14-51-49(7-3)56(60-55(51)8-4)48(6-2)41-23-32-46(33-24-41)58(44-28-19-39(20-29-44)38-15-10-9-11-16-38)45-30-21-40(22-31-45)42-25-36-54-52(37-42)50-17-12-13-18-53(50)59(54)47-34-26-43(57)27-35-47/h5-6,8-37H,4,7H2,1-3H3/b14-5-,48-6-. The lowest BCUT2D eigenvalue weighted by atomic mass is 9.96. The molecule has 0 fully saturated rings. The van der Waals surface area contributed by atoms with Crippen LogP contribution < -0.4 is 4.90 Å². The molecule has 0 aliphatic carbocycles. The highest BCUT2D eigenvalue weighted by Crippen LogP contribution is 2.40. The largest absolute Gasteiger partial charge is 0.456 e. The summed E-state index contributed by atoms with van der Waals surface area (Å²) in [6, 6.07) is 58.6. The van der Waals surface area contributed by atoms with Gasteiger partial charge in [0.1, 0.15) is 17.3 Å². The van der Waals surface area contributed by atoms with Crippen LogP contribution in [-0.2, 0) is 6.42 Å². The Bertz CT molecular complexity index is 3020. The lowest BCUT2D eigenvalue weighted by Gasteiger charge is -2.26. The summed E-state index contributed by atoms with van der Waals surface area (Å²) < 4.78 is 22.6. The van der Waals surface area contributed by atoms with Crippen LogP contribution in [0, 0.1) is 5.82 Å². The maximum Gasteiger partial charge on any atom is 0.138 e. The molecule has 4 heteroatoms. The Morgan fingerprint density at radius 3 is 1.82 bits per heavy atom. The number of rotatable bonds is 11. The first-order valence-electron chi connectivity index (χ1n) is 20.5. The zero-order chi connectivity index (χ0) is 41.2. The molecule has 2 heterocycles. The average Bonchev–Trinajstić information content (AvgIpc) is 3.83. The molecule has 0 saturated heterocycles. The Hall–Kier alpha value is -7.43. The van der Waals surface area contributed by atoms with Crippen LogP contribution in [-0.4, -0.2) is 4.57 Å². The van der Waals surface area contributed by atoms with E-state index in [0.29, 0.717) is 0 Å². The smallest absolute Gasteiger partial charge is 0.138 e. The van der Waals surface area contributed by atoms with Crippen LogP contribution >= 0.6 is 0 Å². The molecule has 2 aromatic heterocycles. The summed E-state index contributed by atoms with van der Waals surface area (Å²) >= 11 is 0. The van der Waals surface area contributed by atoms with Crippen LogP contribution in [0.5, 0.6) is 0 Å². The molecular weight excluding hydrogens is 736 g/mol. The quantitative estimate of drug-likeness (QED) is 0.130. The molecule has 0 amide bonds. The zero-order valence-corrected chi connectivity index (χ0v) is 34.1. The number of benzene rings is 7. The lowest BCUT2D eigenvalue weighted by molar-refractivity contribution is 0.540. The van der Waals surface area contributed by atoms with Gasteiger partial charge < -0.3 is 13.9 Å². The Kier molecular flexibility index (Phi) is 10.4. The molecule has 0 aliphatic rings. The molecule has 60 heavy (non-hydrogen) atoms. The molecule has 9 aromatic rings. The van der Waals surface area contributed by atoms with Gasteiger partial charge in [-0.2, -0.15) is 0 Å². The van der Waals surface area contributed by atoms with Crippen molar-refractivity contribution in [2.45, 2.75) is 27.2 Å². The van der Waals surface area contributed by atoms with Crippen LogP contribution in [0.15, 0.2) is 193 Å². The number of anilines is 3. The number of fused-ring (bicyclic) bond motifs is 3. The summed E-state index contributed by atoms with van der Waals surface area (Å²) in [5.74, 6) is 1.43. The molecule has 0 radical (unpaired) electrons. The molecule has 292 valence electrons. The van der Waals surface area contributed by atoms with Crippen molar-refractivity contribution >= 4 is 56.6 Å². The van der Waals surface area contributed by atoms with Gasteiger partial charge in [0.05, 0.1) is 11.0 Å². The first kappa shape index (κ1) is 38.1. The fourth-order valence-electron chi connectivity index (χ4n) is 8.49. The normalized spacial score (nSPS) is 11.8. The molecular formula is C56H45FN2O. The van der Waals surface area contributed by atoms with Crippen molar-refractivity contribution in [3.8, 4) is 27.9 Å². The maximum atomic E-state index is 13.9. The van der Waals surface area contributed by atoms with Crippen molar-refractivity contribution in [3.05, 3.63) is 223 Å². The van der Waals surface area contributed by atoms with Gasteiger partial charge in [0, 0.05) is 50.2 Å². The summed E-state index contributed by atoms with van der Waals surface area (Å²) in [5.41, 5.74) is 15.2. The summed E-state index contributed by atoms with van der Waals surface area (Å²) in [7, 11) is 0. The highest BCUT2D eigenvalue weighted by Gasteiger charge is 2.21. The topological polar surface area (TPSA) is 21.3 Å². The van der Waals surface area contributed by atoms with Crippen molar-refractivity contribution < 1.29 is 8.81 Å². The summed E-state index contributed by atoms with van der Waals surface area (Å²) in [6.45, 7) is 10.3. The van der Waals surface area contributed by atoms with E-state index in [9.17, 15) is 4.39 Å². The van der Waals surface area contributed by atoms with E-state index in [2.05, 4.69) is 182 Å². The third-order valence-corrected chi connectivity index (χ3v) is 11.4. The predicted octanol–water partition coefficient (Wildman–Crippen LogP) is 16.0. The van der Waals surface area contributed by atoms with Gasteiger partial charge in [0.15, 0.2) is 0 Å². The first-order valence-corrected chi connectivity index (χ1v) is 20.5. The summed E-state index contributed by atoms with van der Waals surface area (Å²) in [6.07, 6.45) is 8.94. The van der Waals surface area contributed by atoms with Crippen molar-refractivity contribution in [3.63, 3.8) is 0 Å². The van der Waals surface area contributed by atoms with Gasteiger partial charge in [0.2, 0.25) is 0 Å². The van der Waals surface area contributed by atoms with Gasteiger partial charge in [0.25, 0.3) is 0 Å². The predicted molar refractivity (Wildman–Crippen MR) is 252 cm³/mol. The van der Waals surface area contributed by atoms with Gasteiger partial charge in [-0.3, -0.25) is 0 Å². The third kappa shape index (κ3) is 6.96. The van der Waals surface area contributed by atoms with E-state index in [1.807, 2.05) is 31.2 Å². The van der Waals surface area contributed by atoms with E-state index >= 15 is 0 Å². The second-order valence-corrected chi connectivity index (χ2v) is 14.9. The first-order chi connectivity index (χ1) is 29.5. The van der Waals surface area contributed by atoms with Crippen LogP contribution in [0.3, 0.4) is 0 Å². The number of allylic oxidation sites excluding steroid dienone is 2. The fraction of sp³-hybridized carbons (Fsp3) is 0.0714. The maximum absolute atomic E-state index is 13.9. The molecule has 0 bridgehead atoms. The van der Waals surface area contributed by atoms with E-state index < -0.39 is 0 Å². The molecule has 9 rings (SSSR count). The Balaban J connectivity index is 1.10. The van der Waals surface area contributed by atoms with Crippen LogP contribution in [0.4, 0.5) is 21.5 Å². The van der Waals surface area contributed by atoms with E-state index in [1.54, 1.807) is 6.08 Å². The second-order valence-electron chi connectivity index (χ2n) is 14.9. The molecule has 0 spiro atoms. The van der Waals surface area contributed by atoms with Crippen LogP contribution in [0.2, 0.25) is 0 Å². The Morgan fingerprint density at radius 1 is 0.633 bits per heavy atom. The second kappa shape index (κ2) is 16.4. The minimum absolute atomic E-state index is 0.246. The zero-order valence-electron chi connectivity index (χ0n) is 34.1. The number of para-hydroxylation sites is 1. The van der Waals surface area contributed by atoms with Crippen molar-refractivity contribution in [1.82, 2.24) is 4.57 Å². The molecule has 0 N–H and O–H groups in total. The Morgan fingerprint density at radius 2 is 1.20 bits per heavy atom. The monoisotopic (exact) mass is 780 g/mol. The molecule has 7 aromatic carbocycles. The van der Waals surface area contributed by atoms with Crippen LogP contribution in [0.1, 0.15) is 49.0 Å². The van der Waals surface area contributed by atoms with Gasteiger partial charge in [-0.05, 0) is 133 Å². The molecule has 0 aliphatic heterocycles. The van der Waals surface area contributed by atoms with Gasteiger partial charge in [-0.1, -0.05) is 123 Å². The van der Waals surface area contributed by atoms with Gasteiger partial charge in [-0.15, -0.1) is 0 Å². The minimum Gasteiger partial charge on any atom is -0.456 e. The van der Waals surface area contributed by atoms with Crippen molar-refractivity contribution in [2.24, 2.45) is 0 Å². The minimum atomic E-state index is -0.246. The van der Waals surface area contributed by atoms with Crippen molar-refractivity contribution in [2.75, 3.05) is 4.90 Å². The molecule has 0 saturated carbocycles. The number of aromatic nitrogens is 1. The lowest BCUT2D eigenvalue weighted by Crippen LogP contribution is -2.10. The van der Waals surface area contributed by atoms with E-state index in [-0.39, 0.29) is 5.82 Å². The third-order valence-electron chi connectivity index (χ3n) is 11.4. The highest BCUT2D eigenvalue weighted by atomic mass is 19.1. The summed E-state index contributed by atoms with van der Waals surface area (Å²) in [4.78, 5) is 2.31. The van der Waals surface area contributed by atoms with E-state index in [1.165, 1.54) is 28.8 Å². The molecule has 0 atom stereocenters. The molecule has 3 nitrogen and oxygen atoms in total. The highest BCUT2D eigenvalue weighted by molar-refractivity contribution is 6.10.